The minimum atomic E-state index is -0.328. The van der Waals surface area contributed by atoms with Crippen LogP contribution >= 0.6 is 15.9 Å². The standard InChI is InChI=1S/C21H19BrN2O3/c1-24(21(26)18-11-12-19(22)27-18)17-10-6-5-9-16(17)20(25)23-14-13-15-7-3-2-4-8-15/h2-12H,13-14H2,1H3,(H,23,25). The lowest BCUT2D eigenvalue weighted by atomic mass is 10.1. The summed E-state index contributed by atoms with van der Waals surface area (Å²) in [6.07, 6.45) is 0.740. The number of amides is 2. The molecule has 5 nitrogen and oxygen atoms in total. The summed E-state index contributed by atoms with van der Waals surface area (Å²) in [5.41, 5.74) is 2.11. The van der Waals surface area contributed by atoms with Crippen LogP contribution in [0.15, 0.2) is 75.8 Å². The van der Waals surface area contributed by atoms with Gasteiger partial charge in [0.2, 0.25) is 0 Å². The number of furan rings is 1. The molecule has 0 bridgehead atoms. The molecule has 3 aromatic rings. The third kappa shape index (κ3) is 4.65. The van der Waals surface area contributed by atoms with Gasteiger partial charge in [-0.2, -0.15) is 0 Å². The molecule has 0 aliphatic heterocycles. The highest BCUT2D eigenvalue weighted by Crippen LogP contribution is 2.23. The molecular formula is C21H19BrN2O3. The molecule has 3 rings (SSSR count). The Balaban J connectivity index is 1.71. The summed E-state index contributed by atoms with van der Waals surface area (Å²) in [4.78, 5) is 26.7. The quantitative estimate of drug-likeness (QED) is 0.639. The van der Waals surface area contributed by atoms with Crippen molar-refractivity contribution in [2.24, 2.45) is 0 Å². The number of rotatable bonds is 6. The molecule has 1 N–H and O–H groups in total. The van der Waals surface area contributed by atoms with Gasteiger partial charge in [0.25, 0.3) is 11.8 Å². The maximum atomic E-state index is 12.6. The number of nitrogens with zero attached hydrogens (tertiary/aromatic N) is 1. The van der Waals surface area contributed by atoms with Gasteiger partial charge in [0.15, 0.2) is 10.4 Å². The number of hydrogen-bond donors (Lipinski definition) is 1. The Morgan fingerprint density at radius 1 is 1.00 bits per heavy atom. The van der Waals surface area contributed by atoms with Crippen LogP contribution in [0.4, 0.5) is 5.69 Å². The van der Waals surface area contributed by atoms with E-state index in [2.05, 4.69) is 21.2 Å². The monoisotopic (exact) mass is 426 g/mol. The van der Waals surface area contributed by atoms with Gasteiger partial charge in [-0.05, 0) is 52.2 Å². The van der Waals surface area contributed by atoms with Crippen molar-refractivity contribution in [2.75, 3.05) is 18.5 Å². The van der Waals surface area contributed by atoms with Gasteiger partial charge >= 0.3 is 0 Å². The minimum Gasteiger partial charge on any atom is -0.444 e. The Labute approximate surface area is 166 Å². The fourth-order valence-corrected chi connectivity index (χ4v) is 3.03. The molecular weight excluding hydrogens is 408 g/mol. The van der Waals surface area contributed by atoms with Crippen molar-refractivity contribution in [1.29, 1.82) is 0 Å². The Morgan fingerprint density at radius 2 is 1.70 bits per heavy atom. The van der Waals surface area contributed by atoms with Gasteiger partial charge in [-0.3, -0.25) is 9.59 Å². The Kier molecular flexibility index (Phi) is 6.08. The first kappa shape index (κ1) is 18.9. The summed E-state index contributed by atoms with van der Waals surface area (Å²) in [7, 11) is 1.62. The van der Waals surface area contributed by atoms with E-state index in [1.165, 1.54) is 4.90 Å². The molecule has 6 heteroatoms. The molecule has 1 aromatic heterocycles. The predicted molar refractivity (Wildman–Crippen MR) is 108 cm³/mol. The van der Waals surface area contributed by atoms with Gasteiger partial charge in [-0.15, -0.1) is 0 Å². The number of para-hydroxylation sites is 1. The average Bonchev–Trinajstić information content (AvgIpc) is 3.14. The predicted octanol–water partition coefficient (Wildman–Crippen LogP) is 4.29. The van der Waals surface area contributed by atoms with E-state index in [1.807, 2.05) is 30.3 Å². The molecule has 0 unspecified atom stereocenters. The maximum Gasteiger partial charge on any atom is 0.293 e. The van der Waals surface area contributed by atoms with Crippen LogP contribution in [0.2, 0.25) is 0 Å². The largest absolute Gasteiger partial charge is 0.444 e. The average molecular weight is 427 g/mol. The lowest BCUT2D eigenvalue weighted by Crippen LogP contribution is -2.31. The highest BCUT2D eigenvalue weighted by Gasteiger charge is 2.21. The number of halogens is 1. The third-order valence-electron chi connectivity index (χ3n) is 4.14. The molecule has 1 heterocycles. The summed E-state index contributed by atoms with van der Waals surface area (Å²) in [5, 5.41) is 2.92. The first-order valence-electron chi connectivity index (χ1n) is 8.51. The molecule has 27 heavy (non-hydrogen) atoms. The van der Waals surface area contributed by atoms with Crippen LogP contribution in [-0.4, -0.2) is 25.4 Å². The molecule has 0 atom stereocenters. The summed E-state index contributed by atoms with van der Waals surface area (Å²) in [5.74, 6) is -0.351. The van der Waals surface area contributed by atoms with E-state index in [-0.39, 0.29) is 17.6 Å². The Hall–Kier alpha value is -2.86. The number of carbonyl (C=O) groups excluding carboxylic acids is 2. The number of carbonyl (C=O) groups is 2. The van der Waals surface area contributed by atoms with Crippen molar-refractivity contribution in [2.45, 2.75) is 6.42 Å². The summed E-state index contributed by atoms with van der Waals surface area (Å²) in [6, 6.07) is 20.2. The number of hydrogen-bond acceptors (Lipinski definition) is 3. The minimum absolute atomic E-state index is 0.198. The fourth-order valence-electron chi connectivity index (χ4n) is 2.72. The SMILES string of the molecule is CN(C(=O)c1ccc(Br)o1)c1ccccc1C(=O)NCCc1ccccc1. The van der Waals surface area contributed by atoms with Crippen LogP contribution in [0.1, 0.15) is 26.5 Å². The van der Waals surface area contributed by atoms with Crippen LogP contribution in [-0.2, 0) is 6.42 Å². The highest BCUT2D eigenvalue weighted by molar-refractivity contribution is 9.10. The second-order valence-electron chi connectivity index (χ2n) is 5.98. The second-order valence-corrected chi connectivity index (χ2v) is 6.76. The van der Waals surface area contributed by atoms with E-state index in [4.69, 9.17) is 4.42 Å². The molecule has 0 radical (unpaired) electrons. The molecule has 0 saturated heterocycles. The normalized spacial score (nSPS) is 10.4. The first-order chi connectivity index (χ1) is 13.1. The fraction of sp³-hybridized carbons (Fsp3) is 0.143. The van der Waals surface area contributed by atoms with E-state index in [0.29, 0.717) is 22.5 Å². The van der Waals surface area contributed by atoms with Crippen LogP contribution in [0.25, 0.3) is 0 Å². The topological polar surface area (TPSA) is 62.6 Å². The van der Waals surface area contributed by atoms with Crippen molar-refractivity contribution < 1.29 is 14.0 Å². The molecule has 0 fully saturated rings. The van der Waals surface area contributed by atoms with E-state index in [1.54, 1.807) is 43.4 Å². The van der Waals surface area contributed by atoms with E-state index < -0.39 is 0 Å². The van der Waals surface area contributed by atoms with Crippen LogP contribution in [0.5, 0.6) is 0 Å². The van der Waals surface area contributed by atoms with Crippen LogP contribution in [0, 0.1) is 0 Å². The van der Waals surface area contributed by atoms with Crippen molar-refractivity contribution in [3.8, 4) is 0 Å². The molecule has 0 saturated carbocycles. The van der Waals surface area contributed by atoms with E-state index >= 15 is 0 Å². The van der Waals surface area contributed by atoms with Gasteiger partial charge in [0.05, 0.1) is 11.3 Å². The molecule has 0 aliphatic rings. The number of benzene rings is 2. The van der Waals surface area contributed by atoms with Gasteiger partial charge in [0.1, 0.15) is 0 Å². The van der Waals surface area contributed by atoms with Crippen molar-refractivity contribution in [3.05, 3.63) is 88.3 Å². The van der Waals surface area contributed by atoms with Crippen LogP contribution in [0.3, 0.4) is 0 Å². The zero-order valence-corrected chi connectivity index (χ0v) is 16.4. The summed E-state index contributed by atoms with van der Waals surface area (Å²) < 4.78 is 5.81. The summed E-state index contributed by atoms with van der Waals surface area (Å²) >= 11 is 3.19. The second kappa shape index (κ2) is 8.68. The third-order valence-corrected chi connectivity index (χ3v) is 4.57. The van der Waals surface area contributed by atoms with E-state index in [0.717, 1.165) is 12.0 Å². The Morgan fingerprint density at radius 3 is 2.41 bits per heavy atom. The number of nitrogens with one attached hydrogen (secondary N) is 1. The Bertz CT molecular complexity index is 937. The zero-order valence-electron chi connectivity index (χ0n) is 14.8. The van der Waals surface area contributed by atoms with Gasteiger partial charge in [-0.1, -0.05) is 42.5 Å². The molecule has 0 aliphatic carbocycles. The maximum absolute atomic E-state index is 12.6. The van der Waals surface area contributed by atoms with Gasteiger partial charge in [-0.25, -0.2) is 0 Å². The molecule has 0 spiro atoms. The lowest BCUT2D eigenvalue weighted by Gasteiger charge is -2.19. The van der Waals surface area contributed by atoms with Crippen molar-refractivity contribution in [3.63, 3.8) is 0 Å². The number of anilines is 1. The van der Waals surface area contributed by atoms with Gasteiger partial charge < -0.3 is 14.6 Å². The zero-order chi connectivity index (χ0) is 19.2. The van der Waals surface area contributed by atoms with Crippen LogP contribution < -0.4 is 10.2 Å². The van der Waals surface area contributed by atoms with E-state index in [9.17, 15) is 9.59 Å². The van der Waals surface area contributed by atoms with Crippen molar-refractivity contribution >= 4 is 33.4 Å². The van der Waals surface area contributed by atoms with Gasteiger partial charge in [0, 0.05) is 13.6 Å². The van der Waals surface area contributed by atoms with Crippen molar-refractivity contribution in [1.82, 2.24) is 5.32 Å². The molecule has 138 valence electrons. The first-order valence-corrected chi connectivity index (χ1v) is 9.30. The highest BCUT2D eigenvalue weighted by atomic mass is 79.9. The molecule has 2 aromatic carbocycles. The lowest BCUT2D eigenvalue weighted by molar-refractivity contribution is 0.0954. The molecule has 2 amide bonds. The summed E-state index contributed by atoms with van der Waals surface area (Å²) in [6.45, 7) is 0.514. The smallest absolute Gasteiger partial charge is 0.293 e.